The first kappa shape index (κ1) is 38.3. The van der Waals surface area contributed by atoms with Gasteiger partial charge in [0.25, 0.3) is 0 Å². The summed E-state index contributed by atoms with van der Waals surface area (Å²) < 4.78 is 28.6. The Morgan fingerprint density at radius 3 is 0.944 bits per heavy atom. The van der Waals surface area contributed by atoms with Crippen LogP contribution < -0.4 is 0 Å². The van der Waals surface area contributed by atoms with Crippen LogP contribution in [0, 0.1) is 33.3 Å². The Labute approximate surface area is 327 Å². The van der Waals surface area contributed by atoms with Crippen LogP contribution in [0.4, 0.5) is 8.78 Å². The van der Waals surface area contributed by atoms with E-state index in [9.17, 15) is 18.4 Å². The fourth-order valence-electron chi connectivity index (χ4n) is 8.26. The fourth-order valence-corrected chi connectivity index (χ4v) is 10.9. The minimum Gasteiger partial charge on any atom is -0.289 e. The molecule has 0 fully saturated rings. The molecule has 4 aromatic rings. The summed E-state index contributed by atoms with van der Waals surface area (Å²) in [6, 6.07) is 17.7. The molecule has 2 nitrogen and oxygen atoms in total. The van der Waals surface area contributed by atoms with Gasteiger partial charge in [-0.25, -0.2) is 8.78 Å². The number of allylic oxidation sites excluding steroid dienone is 8. The molecule has 3 aliphatic rings. The largest absolute Gasteiger partial charge is 0.289 e. The highest BCUT2D eigenvalue weighted by atomic mass is 32.1. The van der Waals surface area contributed by atoms with Gasteiger partial charge in [-0.05, 0) is 80.3 Å². The second kappa shape index (κ2) is 12.2. The number of Topliss-reactive ketones (excluding diaryl/α,β-unsaturated/α-hetero) is 2. The molecule has 0 unspecified atom stereocenters. The third kappa shape index (κ3) is 5.99. The van der Waals surface area contributed by atoms with Gasteiger partial charge < -0.3 is 0 Å². The van der Waals surface area contributed by atoms with Crippen molar-refractivity contribution in [3.8, 4) is 30.6 Å². The minimum atomic E-state index is -0.946. The maximum Gasteiger partial charge on any atom is 0.185 e. The van der Waals surface area contributed by atoms with Gasteiger partial charge in [0, 0.05) is 41.8 Å². The lowest BCUT2D eigenvalue weighted by Gasteiger charge is -2.54. The fraction of sp³-hybridized carbons (Fsp3) is 0.375. The summed E-state index contributed by atoms with van der Waals surface area (Å²) in [4.78, 5) is 33.6. The lowest BCUT2D eigenvalue weighted by Crippen LogP contribution is -2.52. The minimum absolute atomic E-state index is 0.0429. The zero-order valence-corrected chi connectivity index (χ0v) is 35.1. The van der Waals surface area contributed by atoms with Crippen LogP contribution in [0.25, 0.3) is 30.6 Å². The molecule has 0 saturated heterocycles. The van der Waals surface area contributed by atoms with Gasteiger partial charge in [-0.1, -0.05) is 132 Å². The third-order valence-corrected chi connectivity index (χ3v) is 13.7. The number of fused-ring (bicyclic) bond motifs is 6. The Bertz CT molecular complexity index is 2110. The van der Waals surface area contributed by atoms with Gasteiger partial charge in [0.2, 0.25) is 0 Å². The van der Waals surface area contributed by atoms with Gasteiger partial charge in [0.15, 0.2) is 11.6 Å². The smallest absolute Gasteiger partial charge is 0.185 e. The molecular weight excluding hydrogens is 711 g/mol. The standard InChI is InChI=1S/C48H50F2O2S2/c1-43(2,3)33-23-47(24-34(39(33)51)44(4,5)6)31-21-37(27-13-17-29(49)18-14-27)53-41(31)42-32(22-38(54-42)28-15-19-30(50)20-16-28)48(47)25-35(45(7,8)9)40(52)36(26-48)46(10,11)12/h13-26H,1-12H3. The van der Waals surface area contributed by atoms with Crippen LogP contribution in [0.3, 0.4) is 0 Å². The molecule has 0 aliphatic heterocycles. The molecule has 2 aromatic heterocycles. The average molecular weight is 761 g/mol. The van der Waals surface area contributed by atoms with Crippen LogP contribution >= 0.6 is 22.7 Å². The maximum atomic E-state index is 14.8. The van der Waals surface area contributed by atoms with E-state index < -0.39 is 32.5 Å². The molecule has 2 heterocycles. The van der Waals surface area contributed by atoms with Gasteiger partial charge in [0.05, 0.1) is 10.8 Å². The molecule has 2 aromatic carbocycles. The summed E-state index contributed by atoms with van der Waals surface area (Å²) in [5.41, 5.74) is 2.94. The summed E-state index contributed by atoms with van der Waals surface area (Å²) in [5, 5.41) is 0. The first-order chi connectivity index (χ1) is 24.9. The molecule has 0 atom stereocenters. The van der Waals surface area contributed by atoms with Gasteiger partial charge in [-0.2, -0.15) is 0 Å². The van der Waals surface area contributed by atoms with Gasteiger partial charge in [0.1, 0.15) is 11.6 Å². The van der Waals surface area contributed by atoms with Crippen molar-refractivity contribution >= 4 is 34.2 Å². The summed E-state index contributed by atoms with van der Waals surface area (Å²) in [5.74, 6) is -0.511. The number of thiophene rings is 2. The number of ketones is 2. The normalized spacial score (nSPS) is 18.3. The van der Waals surface area contributed by atoms with Crippen molar-refractivity contribution < 1.29 is 18.4 Å². The number of hydrogen-bond donors (Lipinski definition) is 0. The van der Waals surface area contributed by atoms with Crippen LogP contribution in [0.2, 0.25) is 0 Å². The highest BCUT2D eigenvalue weighted by molar-refractivity contribution is 7.25. The molecule has 0 bridgehead atoms. The van der Waals surface area contributed by atoms with Crippen molar-refractivity contribution in [1.29, 1.82) is 0 Å². The van der Waals surface area contributed by atoms with Crippen molar-refractivity contribution in [2.75, 3.05) is 0 Å². The van der Waals surface area contributed by atoms with Crippen molar-refractivity contribution in [2.24, 2.45) is 21.7 Å². The van der Waals surface area contributed by atoms with E-state index in [-0.39, 0.29) is 23.2 Å². The molecular formula is C48H50F2O2S2. The van der Waals surface area contributed by atoms with E-state index in [0.717, 1.165) is 64.1 Å². The number of benzene rings is 2. The molecule has 0 amide bonds. The Kier molecular flexibility index (Phi) is 8.68. The van der Waals surface area contributed by atoms with E-state index in [0.29, 0.717) is 0 Å². The van der Waals surface area contributed by atoms with Crippen LogP contribution in [-0.2, 0) is 20.4 Å². The highest BCUT2D eigenvalue weighted by Gasteiger charge is 2.60. The SMILES string of the molecule is CC(C)(C)C1=CC2(C=C(C(C)(C)C)C1=O)c1cc(-c3ccc(F)cc3)sc1-c1sc(-c3ccc(F)cc3)cc1C21C=C(C(C)(C)C)C(=O)C(C(C)(C)C)=C1. The predicted molar refractivity (Wildman–Crippen MR) is 222 cm³/mol. The second-order valence-corrected chi connectivity index (χ2v) is 21.5. The van der Waals surface area contributed by atoms with Crippen LogP contribution in [0.1, 0.15) is 94.2 Å². The zero-order valence-electron chi connectivity index (χ0n) is 33.5. The summed E-state index contributed by atoms with van der Waals surface area (Å²) in [6.45, 7) is 25.2. The first-order valence-corrected chi connectivity index (χ1v) is 20.3. The zero-order chi connectivity index (χ0) is 39.6. The Morgan fingerprint density at radius 1 is 0.444 bits per heavy atom. The van der Waals surface area contributed by atoms with E-state index in [1.54, 1.807) is 22.7 Å². The lowest BCUT2D eigenvalue weighted by atomic mass is 9.47. The molecule has 0 radical (unpaired) electrons. The number of carbonyl (C=O) groups is 2. The van der Waals surface area contributed by atoms with E-state index >= 15 is 0 Å². The molecule has 0 N–H and O–H groups in total. The molecule has 2 spiro atoms. The second-order valence-electron chi connectivity index (χ2n) is 19.3. The highest BCUT2D eigenvalue weighted by Crippen LogP contribution is 2.67. The number of carbonyl (C=O) groups excluding carboxylic acids is 2. The van der Waals surface area contributed by atoms with Crippen molar-refractivity contribution in [2.45, 2.75) is 93.9 Å². The molecule has 7 rings (SSSR count). The quantitative estimate of drug-likeness (QED) is 0.204. The van der Waals surface area contributed by atoms with Crippen molar-refractivity contribution in [1.82, 2.24) is 0 Å². The topological polar surface area (TPSA) is 34.1 Å². The number of rotatable bonds is 2. The first-order valence-electron chi connectivity index (χ1n) is 18.7. The molecule has 280 valence electrons. The number of hydrogen-bond acceptors (Lipinski definition) is 4. The van der Waals surface area contributed by atoms with E-state index in [2.05, 4.69) is 120 Å². The van der Waals surface area contributed by atoms with Gasteiger partial charge in [-0.15, -0.1) is 22.7 Å². The summed E-state index contributed by atoms with van der Waals surface area (Å²) in [6.07, 6.45) is 8.91. The van der Waals surface area contributed by atoms with Crippen molar-refractivity contribution in [3.05, 3.63) is 130 Å². The molecule has 3 aliphatic carbocycles. The lowest BCUT2D eigenvalue weighted by molar-refractivity contribution is -0.115. The van der Waals surface area contributed by atoms with Crippen LogP contribution in [0.15, 0.2) is 107 Å². The van der Waals surface area contributed by atoms with E-state index in [4.69, 9.17) is 0 Å². The molecule has 54 heavy (non-hydrogen) atoms. The number of halogens is 2. The summed E-state index contributed by atoms with van der Waals surface area (Å²) in [7, 11) is 0. The Morgan fingerprint density at radius 2 is 0.704 bits per heavy atom. The Hall–Kier alpha value is -4.00. The third-order valence-electron chi connectivity index (χ3n) is 11.2. The molecule has 0 saturated carbocycles. The van der Waals surface area contributed by atoms with E-state index in [1.165, 1.54) is 24.3 Å². The maximum absolute atomic E-state index is 14.8. The van der Waals surface area contributed by atoms with Gasteiger partial charge in [-0.3, -0.25) is 9.59 Å². The van der Waals surface area contributed by atoms with Crippen LogP contribution in [-0.4, -0.2) is 11.6 Å². The summed E-state index contributed by atoms with van der Waals surface area (Å²) >= 11 is 3.34. The monoisotopic (exact) mass is 760 g/mol. The van der Waals surface area contributed by atoms with Crippen LogP contribution in [0.5, 0.6) is 0 Å². The molecule has 6 heteroatoms. The van der Waals surface area contributed by atoms with E-state index in [1.807, 2.05) is 24.3 Å². The van der Waals surface area contributed by atoms with Gasteiger partial charge >= 0.3 is 0 Å². The van der Waals surface area contributed by atoms with Crippen molar-refractivity contribution in [3.63, 3.8) is 0 Å². The average Bonchev–Trinajstić information content (AvgIpc) is 3.70. The Balaban J connectivity index is 1.74. The predicted octanol–water partition coefficient (Wildman–Crippen LogP) is 13.6.